The Morgan fingerprint density at radius 3 is 2.63 bits per heavy atom. The third kappa shape index (κ3) is 2.99. The molecule has 1 aromatic heterocycles. The van der Waals surface area contributed by atoms with Crippen molar-refractivity contribution in [3.8, 4) is 6.07 Å². The maximum absolute atomic E-state index is 12.0. The fraction of sp³-hybridized carbons (Fsp3) is 0.214. The van der Waals surface area contributed by atoms with E-state index in [0.29, 0.717) is 17.8 Å². The predicted molar refractivity (Wildman–Crippen MR) is 68.2 cm³/mol. The van der Waals surface area contributed by atoms with E-state index in [9.17, 15) is 4.79 Å². The van der Waals surface area contributed by atoms with Gasteiger partial charge in [-0.3, -0.25) is 4.79 Å². The van der Waals surface area contributed by atoms with Crippen LogP contribution in [-0.2, 0) is 6.54 Å². The molecule has 96 valence electrons. The normalized spacial score (nSPS) is 9.95. The molecule has 2 rings (SSSR count). The van der Waals surface area contributed by atoms with Crippen molar-refractivity contribution in [1.29, 1.82) is 5.26 Å². The number of amides is 1. The largest absolute Gasteiger partial charge is 0.351 e. The van der Waals surface area contributed by atoms with E-state index in [1.54, 1.807) is 37.1 Å². The molecule has 0 fully saturated rings. The predicted octanol–water partition coefficient (Wildman–Crippen LogP) is 2.13. The average Bonchev–Trinajstić information content (AvgIpc) is 2.85. The Morgan fingerprint density at radius 1 is 1.42 bits per heavy atom. The lowest BCUT2D eigenvalue weighted by molar-refractivity contribution is 0.0743. The number of aryl methyl sites for hydroxylation is 1. The molecule has 5 heteroatoms. The van der Waals surface area contributed by atoms with Crippen LogP contribution in [0.3, 0.4) is 0 Å². The molecule has 19 heavy (non-hydrogen) atoms. The molecule has 1 aromatic carbocycles. The molecule has 0 bridgehead atoms. The number of carbonyl (C=O) groups excluding carboxylic acids is 1. The molecular formula is C14H13N3O2. The monoisotopic (exact) mass is 255 g/mol. The van der Waals surface area contributed by atoms with Gasteiger partial charge in [-0.05, 0) is 24.6 Å². The van der Waals surface area contributed by atoms with E-state index in [1.807, 2.05) is 12.1 Å². The zero-order chi connectivity index (χ0) is 13.8. The summed E-state index contributed by atoms with van der Waals surface area (Å²) in [7, 11) is 1.69. The lowest BCUT2D eigenvalue weighted by atomic mass is 10.1. The van der Waals surface area contributed by atoms with Crippen molar-refractivity contribution in [2.45, 2.75) is 13.5 Å². The highest BCUT2D eigenvalue weighted by molar-refractivity contribution is 5.91. The van der Waals surface area contributed by atoms with Gasteiger partial charge < -0.3 is 9.42 Å². The number of nitriles is 1. The van der Waals surface area contributed by atoms with Gasteiger partial charge in [0.05, 0.1) is 17.3 Å². The minimum absolute atomic E-state index is 0.218. The van der Waals surface area contributed by atoms with Gasteiger partial charge in [-0.2, -0.15) is 5.26 Å². The highest BCUT2D eigenvalue weighted by Gasteiger charge is 2.16. The van der Waals surface area contributed by atoms with Crippen molar-refractivity contribution in [3.05, 3.63) is 52.9 Å². The minimum Gasteiger partial charge on any atom is -0.351 e. The van der Waals surface area contributed by atoms with Crippen LogP contribution in [0.25, 0.3) is 0 Å². The van der Waals surface area contributed by atoms with Crippen molar-refractivity contribution in [3.63, 3.8) is 0 Å². The van der Waals surface area contributed by atoms with Crippen LogP contribution in [0.2, 0.25) is 0 Å². The van der Waals surface area contributed by atoms with Gasteiger partial charge in [-0.15, -0.1) is 0 Å². The number of nitrogens with zero attached hydrogens (tertiary/aromatic N) is 3. The molecule has 0 atom stereocenters. The van der Waals surface area contributed by atoms with E-state index in [0.717, 1.165) is 5.56 Å². The van der Waals surface area contributed by atoms with E-state index in [2.05, 4.69) is 11.2 Å². The summed E-state index contributed by atoms with van der Waals surface area (Å²) in [5, 5.41) is 12.4. The number of carbonyl (C=O) groups is 1. The van der Waals surface area contributed by atoms with Crippen LogP contribution in [0.4, 0.5) is 0 Å². The third-order valence-corrected chi connectivity index (χ3v) is 2.69. The van der Waals surface area contributed by atoms with Crippen molar-refractivity contribution in [2.75, 3.05) is 7.05 Å². The third-order valence-electron chi connectivity index (χ3n) is 2.69. The standard InChI is InChI=1S/C14H13N3O2/c1-10-7-13(19-16-10)14(18)17(2)9-12-5-3-11(8-15)4-6-12/h3-7H,9H2,1-2H3. The van der Waals surface area contributed by atoms with Gasteiger partial charge in [-0.1, -0.05) is 17.3 Å². The first kappa shape index (κ1) is 12.8. The Labute approximate surface area is 111 Å². The van der Waals surface area contributed by atoms with Gasteiger partial charge in [0.15, 0.2) is 0 Å². The summed E-state index contributed by atoms with van der Waals surface area (Å²) < 4.78 is 4.94. The zero-order valence-electron chi connectivity index (χ0n) is 10.8. The lowest BCUT2D eigenvalue weighted by Gasteiger charge is -2.15. The van der Waals surface area contributed by atoms with Gasteiger partial charge in [-0.25, -0.2) is 0 Å². The van der Waals surface area contributed by atoms with Gasteiger partial charge in [0.2, 0.25) is 5.76 Å². The van der Waals surface area contributed by atoms with E-state index >= 15 is 0 Å². The smallest absolute Gasteiger partial charge is 0.292 e. The van der Waals surface area contributed by atoms with Crippen molar-refractivity contribution >= 4 is 5.91 Å². The minimum atomic E-state index is -0.218. The van der Waals surface area contributed by atoms with Crippen molar-refractivity contribution in [1.82, 2.24) is 10.1 Å². The molecule has 1 amide bonds. The molecular weight excluding hydrogens is 242 g/mol. The van der Waals surface area contributed by atoms with Gasteiger partial charge >= 0.3 is 0 Å². The van der Waals surface area contributed by atoms with Crippen LogP contribution < -0.4 is 0 Å². The van der Waals surface area contributed by atoms with E-state index in [1.165, 1.54) is 0 Å². The summed E-state index contributed by atoms with van der Waals surface area (Å²) in [6.45, 7) is 2.21. The molecule has 0 unspecified atom stereocenters. The van der Waals surface area contributed by atoms with Crippen LogP contribution in [-0.4, -0.2) is 23.0 Å². The highest BCUT2D eigenvalue weighted by atomic mass is 16.5. The van der Waals surface area contributed by atoms with Crippen LogP contribution in [0.5, 0.6) is 0 Å². The summed E-state index contributed by atoms with van der Waals surface area (Å²) in [4.78, 5) is 13.6. The van der Waals surface area contributed by atoms with Crippen LogP contribution in [0.15, 0.2) is 34.9 Å². The fourth-order valence-electron chi connectivity index (χ4n) is 1.68. The van der Waals surface area contributed by atoms with Crippen LogP contribution in [0, 0.1) is 18.3 Å². The highest BCUT2D eigenvalue weighted by Crippen LogP contribution is 2.10. The van der Waals surface area contributed by atoms with Crippen molar-refractivity contribution < 1.29 is 9.32 Å². The SMILES string of the molecule is Cc1cc(C(=O)N(C)Cc2ccc(C#N)cc2)on1. The number of benzene rings is 1. The van der Waals surface area contributed by atoms with E-state index in [4.69, 9.17) is 9.78 Å². The van der Waals surface area contributed by atoms with Gasteiger partial charge in [0.1, 0.15) is 0 Å². The topological polar surface area (TPSA) is 70.1 Å². The van der Waals surface area contributed by atoms with Gasteiger partial charge in [0, 0.05) is 19.7 Å². The number of hydrogen-bond donors (Lipinski definition) is 0. The lowest BCUT2D eigenvalue weighted by Crippen LogP contribution is -2.25. The second-order valence-corrected chi connectivity index (χ2v) is 4.30. The van der Waals surface area contributed by atoms with E-state index < -0.39 is 0 Å². The quantitative estimate of drug-likeness (QED) is 0.842. The molecule has 0 aliphatic carbocycles. The molecule has 0 N–H and O–H groups in total. The second-order valence-electron chi connectivity index (χ2n) is 4.30. The maximum Gasteiger partial charge on any atom is 0.292 e. The molecule has 0 aliphatic heterocycles. The van der Waals surface area contributed by atoms with E-state index in [-0.39, 0.29) is 11.7 Å². The van der Waals surface area contributed by atoms with Crippen LogP contribution in [0.1, 0.15) is 27.4 Å². The molecule has 0 aliphatic rings. The first-order valence-electron chi connectivity index (χ1n) is 5.78. The Morgan fingerprint density at radius 2 is 2.11 bits per heavy atom. The summed E-state index contributed by atoms with van der Waals surface area (Å²) in [5.41, 5.74) is 2.23. The molecule has 1 heterocycles. The maximum atomic E-state index is 12.0. The number of hydrogen-bond acceptors (Lipinski definition) is 4. The molecule has 0 radical (unpaired) electrons. The molecule has 0 saturated carbocycles. The Kier molecular flexibility index (Phi) is 3.62. The Bertz CT molecular complexity index is 623. The molecule has 0 saturated heterocycles. The zero-order valence-corrected chi connectivity index (χ0v) is 10.8. The molecule has 5 nitrogen and oxygen atoms in total. The summed E-state index contributed by atoms with van der Waals surface area (Å²) >= 11 is 0. The van der Waals surface area contributed by atoms with Crippen LogP contribution >= 0.6 is 0 Å². The fourth-order valence-corrected chi connectivity index (χ4v) is 1.68. The molecule has 0 spiro atoms. The number of aromatic nitrogens is 1. The Hall–Kier alpha value is -2.61. The molecule has 2 aromatic rings. The van der Waals surface area contributed by atoms with Gasteiger partial charge in [0.25, 0.3) is 5.91 Å². The first-order chi connectivity index (χ1) is 9.10. The van der Waals surface area contributed by atoms with Crippen molar-refractivity contribution in [2.24, 2.45) is 0 Å². The summed E-state index contributed by atoms with van der Waals surface area (Å²) in [6.07, 6.45) is 0. The summed E-state index contributed by atoms with van der Waals surface area (Å²) in [6, 6.07) is 10.8. The first-order valence-corrected chi connectivity index (χ1v) is 5.78. The summed E-state index contributed by atoms with van der Waals surface area (Å²) in [5.74, 6) is 0.0126. The average molecular weight is 255 g/mol. The Balaban J connectivity index is 2.06. The second kappa shape index (κ2) is 5.36. The number of rotatable bonds is 3.